The molecule has 0 aliphatic heterocycles. The minimum atomic E-state index is -4.24. The van der Waals surface area contributed by atoms with Crippen molar-refractivity contribution >= 4 is 55.5 Å². The van der Waals surface area contributed by atoms with Gasteiger partial charge in [0.15, 0.2) is 5.13 Å². The molecule has 0 radical (unpaired) electrons. The normalized spacial score (nSPS) is 11.4. The number of halogens is 2. The van der Waals surface area contributed by atoms with Crippen LogP contribution in [0.25, 0.3) is 16.6 Å². The molecular formula is C19H12ClFN4O5S2. The number of sulfonamides is 1. The van der Waals surface area contributed by atoms with Crippen LogP contribution in [0.5, 0.6) is 5.88 Å². The molecule has 13 heteroatoms. The molecule has 0 fully saturated rings. The number of nitrogens with zero attached hydrogens (tertiary/aromatic N) is 2. The van der Waals surface area contributed by atoms with Gasteiger partial charge in [-0.2, -0.15) is 4.39 Å². The largest absolute Gasteiger partial charge is 0.494 e. The number of carbonyl (C=O) groups excluding carboxylic acids is 1. The summed E-state index contributed by atoms with van der Waals surface area (Å²) in [5, 5.41) is 13.3. The van der Waals surface area contributed by atoms with E-state index in [1.807, 2.05) is 0 Å². The van der Waals surface area contributed by atoms with Crippen molar-refractivity contribution in [2.24, 2.45) is 0 Å². The Kier molecular flexibility index (Phi) is 5.59. The van der Waals surface area contributed by atoms with Crippen molar-refractivity contribution < 1.29 is 22.7 Å². The number of benzene rings is 1. The number of nitrogens with one attached hydrogen (secondary N) is 2. The van der Waals surface area contributed by atoms with Gasteiger partial charge in [0.25, 0.3) is 15.6 Å². The molecular weight excluding hydrogens is 483 g/mol. The number of hydrogen-bond donors (Lipinski definition) is 3. The van der Waals surface area contributed by atoms with Crippen molar-refractivity contribution in [3.8, 4) is 11.7 Å². The van der Waals surface area contributed by atoms with Gasteiger partial charge in [-0.15, -0.1) is 0 Å². The van der Waals surface area contributed by atoms with E-state index in [1.165, 1.54) is 30.5 Å². The maximum atomic E-state index is 13.1. The molecule has 9 nitrogen and oxygen atoms in total. The molecule has 3 N–H and O–H groups in total. The van der Waals surface area contributed by atoms with Crippen LogP contribution in [0.15, 0.2) is 63.7 Å². The maximum absolute atomic E-state index is 13.1. The van der Waals surface area contributed by atoms with Gasteiger partial charge in [-0.25, -0.2) is 27.5 Å². The predicted molar refractivity (Wildman–Crippen MR) is 118 cm³/mol. The Morgan fingerprint density at radius 3 is 2.59 bits per heavy atom. The lowest BCUT2D eigenvalue weighted by Crippen LogP contribution is -2.34. The Hall–Kier alpha value is -3.48. The van der Waals surface area contributed by atoms with E-state index in [2.05, 4.69) is 10.3 Å². The lowest BCUT2D eigenvalue weighted by molar-refractivity contribution is 0.256. The molecule has 3 heterocycles. The average molecular weight is 495 g/mol. The molecule has 3 aromatic heterocycles. The van der Waals surface area contributed by atoms with Crippen molar-refractivity contribution in [2.75, 3.05) is 5.32 Å². The van der Waals surface area contributed by atoms with Crippen molar-refractivity contribution in [2.45, 2.75) is 4.21 Å². The van der Waals surface area contributed by atoms with Gasteiger partial charge >= 0.3 is 6.03 Å². The van der Waals surface area contributed by atoms with Gasteiger partial charge in [-0.1, -0.05) is 29.0 Å². The van der Waals surface area contributed by atoms with E-state index in [4.69, 9.17) is 11.6 Å². The fourth-order valence-corrected chi connectivity index (χ4v) is 4.94. The molecule has 0 spiro atoms. The number of pyridine rings is 2. The molecule has 1 aromatic carbocycles. The molecule has 164 valence electrons. The van der Waals surface area contributed by atoms with Gasteiger partial charge in [-0.05, 0) is 41.8 Å². The quantitative estimate of drug-likeness (QED) is 0.398. The minimum Gasteiger partial charge on any atom is -0.494 e. The molecule has 4 rings (SSSR count). The average Bonchev–Trinajstić information content (AvgIpc) is 3.17. The van der Waals surface area contributed by atoms with Crippen LogP contribution in [0.4, 0.5) is 14.9 Å². The molecule has 32 heavy (non-hydrogen) atoms. The summed E-state index contributed by atoms with van der Waals surface area (Å²) in [7, 11) is -4.24. The van der Waals surface area contributed by atoms with Crippen LogP contribution in [-0.4, -0.2) is 29.1 Å². The first kappa shape index (κ1) is 21.7. The smallest absolute Gasteiger partial charge is 0.333 e. The highest BCUT2D eigenvalue weighted by Gasteiger charge is 2.20. The van der Waals surface area contributed by atoms with Crippen molar-refractivity contribution in [3.05, 3.63) is 75.2 Å². The van der Waals surface area contributed by atoms with Crippen LogP contribution in [0.1, 0.15) is 0 Å². The van der Waals surface area contributed by atoms with Crippen molar-refractivity contribution in [3.63, 3.8) is 0 Å². The summed E-state index contributed by atoms with van der Waals surface area (Å²) >= 11 is 6.34. The van der Waals surface area contributed by atoms with Gasteiger partial charge in [0.2, 0.25) is 5.88 Å². The van der Waals surface area contributed by atoms with E-state index in [0.717, 1.165) is 16.7 Å². The molecule has 4 aromatic rings. The number of amides is 2. The number of urea groups is 1. The Morgan fingerprint density at radius 1 is 1.16 bits per heavy atom. The number of anilines is 1. The summed E-state index contributed by atoms with van der Waals surface area (Å²) in [6.07, 6.45) is 1.17. The summed E-state index contributed by atoms with van der Waals surface area (Å²) in [4.78, 5) is 28.5. The zero-order valence-corrected chi connectivity index (χ0v) is 18.1. The highest BCUT2D eigenvalue weighted by molar-refractivity contribution is 7.92. The van der Waals surface area contributed by atoms with E-state index >= 15 is 0 Å². The lowest BCUT2D eigenvalue weighted by Gasteiger charge is -2.11. The predicted octanol–water partition coefficient (Wildman–Crippen LogP) is 3.46. The molecule has 0 aliphatic rings. The third kappa shape index (κ3) is 4.28. The Labute approximate surface area is 188 Å². The summed E-state index contributed by atoms with van der Waals surface area (Å²) < 4.78 is 39.6. The van der Waals surface area contributed by atoms with Crippen LogP contribution in [0.2, 0.25) is 5.02 Å². The van der Waals surface area contributed by atoms with E-state index in [1.54, 1.807) is 16.9 Å². The van der Waals surface area contributed by atoms with E-state index in [9.17, 15) is 27.5 Å². The van der Waals surface area contributed by atoms with Crippen molar-refractivity contribution in [1.82, 2.24) is 14.3 Å². The first-order valence-corrected chi connectivity index (χ1v) is 11.4. The maximum Gasteiger partial charge on any atom is 0.333 e. The number of rotatable bonds is 4. The third-order valence-corrected chi connectivity index (χ3v) is 7.17. The Balaban J connectivity index is 1.56. The first-order chi connectivity index (χ1) is 15.1. The van der Waals surface area contributed by atoms with Crippen LogP contribution >= 0.6 is 22.9 Å². The zero-order chi connectivity index (χ0) is 23.0. The Bertz CT molecular complexity index is 1520. The molecule has 2 amide bonds. The number of fused-ring (bicyclic) bond motifs is 1. The fourth-order valence-electron chi connectivity index (χ4n) is 2.86. The number of hydrogen-bond acceptors (Lipinski definition) is 7. The van der Waals surface area contributed by atoms with E-state index in [0.29, 0.717) is 27.1 Å². The molecule has 0 unspecified atom stereocenters. The molecule has 0 aliphatic carbocycles. The summed E-state index contributed by atoms with van der Waals surface area (Å²) in [6, 6.07) is 9.61. The van der Waals surface area contributed by atoms with Crippen LogP contribution in [-0.2, 0) is 10.0 Å². The number of aromatic hydroxyl groups is 1. The standard InChI is InChI=1S/C19H12ClFN4O5S2/c20-11-2-1-10-7-16(26)25(18(27)13(10)8-11)15-5-3-12(9-22-15)23-19(28)24-32(29,30)17-6-4-14(21)31-17/h1-9,27H,(H2,23,24,28). The number of carbonyl (C=O) groups is 1. The van der Waals surface area contributed by atoms with Crippen LogP contribution in [0.3, 0.4) is 0 Å². The first-order valence-electron chi connectivity index (χ1n) is 8.74. The van der Waals surface area contributed by atoms with Gasteiger partial charge < -0.3 is 10.4 Å². The molecule has 0 saturated carbocycles. The topological polar surface area (TPSA) is 130 Å². The summed E-state index contributed by atoms with van der Waals surface area (Å²) in [5.74, 6) is -0.308. The van der Waals surface area contributed by atoms with Crippen LogP contribution < -0.4 is 15.6 Å². The molecule has 0 bridgehead atoms. The number of thiophene rings is 1. The highest BCUT2D eigenvalue weighted by Crippen LogP contribution is 2.27. The Morgan fingerprint density at radius 2 is 1.94 bits per heavy atom. The highest BCUT2D eigenvalue weighted by atomic mass is 35.5. The SMILES string of the molecule is O=C(Nc1ccc(-n2c(O)c3cc(Cl)ccc3cc2=O)nc1)NS(=O)(=O)c1ccc(F)s1. The van der Waals surface area contributed by atoms with Gasteiger partial charge in [-0.3, -0.25) is 4.79 Å². The lowest BCUT2D eigenvalue weighted by atomic mass is 10.1. The van der Waals surface area contributed by atoms with Gasteiger partial charge in [0, 0.05) is 16.5 Å². The second kappa shape index (κ2) is 8.22. The summed E-state index contributed by atoms with van der Waals surface area (Å²) in [6.45, 7) is 0. The minimum absolute atomic E-state index is 0.0574. The second-order valence-corrected chi connectivity index (χ2v) is 9.78. The van der Waals surface area contributed by atoms with Crippen LogP contribution in [0, 0.1) is 5.13 Å². The summed E-state index contributed by atoms with van der Waals surface area (Å²) in [5.41, 5.74) is -0.437. The second-order valence-electron chi connectivity index (χ2n) is 6.40. The van der Waals surface area contributed by atoms with E-state index in [-0.39, 0.29) is 21.6 Å². The van der Waals surface area contributed by atoms with E-state index < -0.39 is 26.7 Å². The van der Waals surface area contributed by atoms with Gasteiger partial charge in [0.05, 0.1) is 11.9 Å². The fraction of sp³-hybridized carbons (Fsp3) is 0. The van der Waals surface area contributed by atoms with Crippen molar-refractivity contribution in [1.29, 1.82) is 0 Å². The zero-order valence-electron chi connectivity index (χ0n) is 15.7. The van der Waals surface area contributed by atoms with Gasteiger partial charge in [0.1, 0.15) is 10.0 Å². The number of aromatic nitrogens is 2. The monoisotopic (exact) mass is 494 g/mol. The molecule has 0 atom stereocenters. The molecule has 0 saturated heterocycles. The third-order valence-electron chi connectivity index (χ3n) is 4.24.